The van der Waals surface area contributed by atoms with E-state index in [1.54, 1.807) is 11.0 Å². The zero-order valence-corrected chi connectivity index (χ0v) is 14.2. The van der Waals surface area contributed by atoms with E-state index in [1.807, 2.05) is 0 Å². The molecule has 0 aliphatic carbocycles. The van der Waals surface area contributed by atoms with Crippen LogP contribution in [-0.4, -0.2) is 54.1 Å². The third kappa shape index (κ3) is 5.70. The summed E-state index contributed by atoms with van der Waals surface area (Å²) in [6.45, 7) is 1.21. The van der Waals surface area contributed by atoms with Crippen molar-refractivity contribution in [3.63, 3.8) is 0 Å². The molecular formula is C17H22F3N3O3. The molecule has 1 aromatic carbocycles. The van der Waals surface area contributed by atoms with Crippen molar-refractivity contribution in [2.75, 3.05) is 26.2 Å². The largest absolute Gasteiger partial charge is 0.416 e. The van der Waals surface area contributed by atoms with Crippen LogP contribution < -0.4 is 10.6 Å². The van der Waals surface area contributed by atoms with Crippen molar-refractivity contribution in [3.05, 3.63) is 35.4 Å². The molecule has 1 saturated heterocycles. The van der Waals surface area contributed by atoms with E-state index < -0.39 is 17.8 Å². The predicted molar refractivity (Wildman–Crippen MR) is 88.0 cm³/mol. The highest BCUT2D eigenvalue weighted by Gasteiger charge is 2.33. The van der Waals surface area contributed by atoms with E-state index in [0.29, 0.717) is 31.6 Å². The molecule has 0 aromatic heterocycles. The minimum absolute atomic E-state index is 0.0497. The maximum absolute atomic E-state index is 12.9. The van der Waals surface area contributed by atoms with Crippen LogP contribution in [-0.2, 0) is 22.3 Å². The summed E-state index contributed by atoms with van der Waals surface area (Å²) in [6, 6.07) is 4.22. The van der Waals surface area contributed by atoms with Crippen molar-refractivity contribution in [2.45, 2.75) is 31.6 Å². The Bertz CT molecular complexity index is 637. The fourth-order valence-corrected chi connectivity index (χ4v) is 2.81. The summed E-state index contributed by atoms with van der Waals surface area (Å²) < 4.78 is 38.6. The molecule has 2 amide bonds. The number of halogens is 3. The smallest absolute Gasteiger partial charge is 0.396 e. The molecule has 1 aliphatic rings. The van der Waals surface area contributed by atoms with Crippen LogP contribution in [0.1, 0.15) is 24.0 Å². The van der Waals surface area contributed by atoms with E-state index in [-0.39, 0.29) is 31.4 Å². The highest BCUT2D eigenvalue weighted by atomic mass is 19.4. The number of piperazine rings is 1. The second-order valence-electron chi connectivity index (χ2n) is 6.11. The molecule has 2 rings (SSSR count). The predicted octanol–water partition coefficient (Wildman–Crippen LogP) is 0.894. The van der Waals surface area contributed by atoms with Gasteiger partial charge in [0.2, 0.25) is 11.8 Å². The van der Waals surface area contributed by atoms with Crippen LogP contribution in [0.25, 0.3) is 0 Å². The van der Waals surface area contributed by atoms with Crippen LogP contribution in [0.2, 0.25) is 0 Å². The molecule has 6 nitrogen and oxygen atoms in total. The molecule has 26 heavy (non-hydrogen) atoms. The van der Waals surface area contributed by atoms with Crippen LogP contribution >= 0.6 is 0 Å². The van der Waals surface area contributed by atoms with Gasteiger partial charge in [0.25, 0.3) is 0 Å². The zero-order valence-electron chi connectivity index (χ0n) is 14.2. The van der Waals surface area contributed by atoms with E-state index >= 15 is 0 Å². The molecule has 0 saturated carbocycles. The Morgan fingerprint density at radius 1 is 1.38 bits per heavy atom. The molecule has 1 aromatic rings. The van der Waals surface area contributed by atoms with Gasteiger partial charge in [-0.2, -0.15) is 13.2 Å². The number of rotatable bonds is 7. The summed E-state index contributed by atoms with van der Waals surface area (Å²) in [7, 11) is 0. The zero-order chi connectivity index (χ0) is 19.2. The highest BCUT2D eigenvalue weighted by Crippen LogP contribution is 2.30. The molecule has 1 fully saturated rings. The summed E-state index contributed by atoms with van der Waals surface area (Å²) in [5.41, 5.74) is -0.310. The fourth-order valence-electron chi connectivity index (χ4n) is 2.81. The number of hydrogen-bond donors (Lipinski definition) is 3. The molecule has 144 valence electrons. The standard InChI is InChI=1S/C17H22F3N3O3/c18-17(19,20)13-4-1-3-12(9-13)11-23-7-6-22-16(26)14(23)10-15(25)21-5-2-8-24/h1,3-4,9,14,24H,2,5-8,10-11H2,(H,21,25)(H,22,26)/t14-/m0/s1. The van der Waals surface area contributed by atoms with Gasteiger partial charge in [-0.1, -0.05) is 18.2 Å². The molecule has 9 heteroatoms. The van der Waals surface area contributed by atoms with Crippen LogP contribution in [0.15, 0.2) is 24.3 Å². The first-order valence-electron chi connectivity index (χ1n) is 8.36. The van der Waals surface area contributed by atoms with Gasteiger partial charge in [-0.3, -0.25) is 14.5 Å². The van der Waals surface area contributed by atoms with Crippen molar-refractivity contribution in [1.82, 2.24) is 15.5 Å². The molecule has 0 spiro atoms. The van der Waals surface area contributed by atoms with Crippen LogP contribution in [0, 0.1) is 0 Å². The number of aliphatic hydroxyl groups is 1. The molecule has 1 heterocycles. The van der Waals surface area contributed by atoms with E-state index in [9.17, 15) is 22.8 Å². The quantitative estimate of drug-likeness (QED) is 0.620. The van der Waals surface area contributed by atoms with Gasteiger partial charge < -0.3 is 15.7 Å². The first kappa shape index (κ1) is 20.2. The number of nitrogens with one attached hydrogen (secondary N) is 2. The molecule has 0 bridgehead atoms. The summed E-state index contributed by atoms with van der Waals surface area (Å²) in [5.74, 6) is -0.657. The minimum Gasteiger partial charge on any atom is -0.396 e. The molecule has 0 unspecified atom stereocenters. The van der Waals surface area contributed by atoms with Gasteiger partial charge >= 0.3 is 6.18 Å². The Labute approximate surface area is 149 Å². The number of aliphatic hydroxyl groups excluding tert-OH is 1. The van der Waals surface area contributed by atoms with E-state index in [1.165, 1.54) is 6.07 Å². The number of benzene rings is 1. The lowest BCUT2D eigenvalue weighted by Crippen LogP contribution is -2.56. The average molecular weight is 373 g/mol. The van der Waals surface area contributed by atoms with Crippen molar-refractivity contribution >= 4 is 11.8 Å². The average Bonchev–Trinajstić information content (AvgIpc) is 2.58. The second kappa shape index (κ2) is 9.00. The van der Waals surface area contributed by atoms with Crippen molar-refractivity contribution in [2.24, 2.45) is 0 Å². The van der Waals surface area contributed by atoms with Crippen LogP contribution in [0.5, 0.6) is 0 Å². The first-order chi connectivity index (χ1) is 12.3. The van der Waals surface area contributed by atoms with Crippen molar-refractivity contribution < 1.29 is 27.9 Å². The minimum atomic E-state index is -4.43. The summed E-state index contributed by atoms with van der Waals surface area (Å²) in [4.78, 5) is 25.8. The lowest BCUT2D eigenvalue weighted by Gasteiger charge is -2.34. The number of carbonyl (C=O) groups excluding carboxylic acids is 2. The van der Waals surface area contributed by atoms with Crippen molar-refractivity contribution in [1.29, 1.82) is 0 Å². The van der Waals surface area contributed by atoms with E-state index in [0.717, 1.165) is 12.1 Å². The topological polar surface area (TPSA) is 81.7 Å². The lowest BCUT2D eigenvalue weighted by molar-refractivity contribution is -0.137. The van der Waals surface area contributed by atoms with Gasteiger partial charge in [-0.25, -0.2) is 0 Å². The second-order valence-corrected chi connectivity index (χ2v) is 6.11. The summed E-state index contributed by atoms with van der Waals surface area (Å²) in [5, 5.41) is 14.0. The van der Waals surface area contributed by atoms with Gasteiger partial charge in [-0.05, 0) is 18.1 Å². The maximum Gasteiger partial charge on any atom is 0.416 e. The Morgan fingerprint density at radius 3 is 2.85 bits per heavy atom. The summed E-state index contributed by atoms with van der Waals surface area (Å²) >= 11 is 0. The Hall–Kier alpha value is -2.13. The van der Waals surface area contributed by atoms with Crippen molar-refractivity contribution in [3.8, 4) is 0 Å². The third-order valence-electron chi connectivity index (χ3n) is 4.12. The number of hydrogen-bond acceptors (Lipinski definition) is 4. The van der Waals surface area contributed by atoms with Gasteiger partial charge in [0.1, 0.15) is 0 Å². The Morgan fingerprint density at radius 2 is 2.15 bits per heavy atom. The van der Waals surface area contributed by atoms with Gasteiger partial charge in [-0.15, -0.1) is 0 Å². The molecule has 1 aliphatic heterocycles. The summed E-state index contributed by atoms with van der Waals surface area (Å²) in [6.07, 6.45) is -4.10. The van der Waals surface area contributed by atoms with Crippen LogP contribution in [0.4, 0.5) is 13.2 Å². The number of amides is 2. The SMILES string of the molecule is O=C(C[C@H]1C(=O)NCCN1Cc1cccc(C(F)(F)F)c1)NCCCO. The van der Waals surface area contributed by atoms with E-state index in [2.05, 4.69) is 10.6 Å². The third-order valence-corrected chi connectivity index (χ3v) is 4.12. The van der Waals surface area contributed by atoms with Gasteiger partial charge in [0.15, 0.2) is 0 Å². The number of nitrogens with zero attached hydrogens (tertiary/aromatic N) is 1. The first-order valence-corrected chi connectivity index (χ1v) is 8.36. The Kier molecular flexibility index (Phi) is 6.98. The van der Waals surface area contributed by atoms with E-state index in [4.69, 9.17) is 5.11 Å². The lowest BCUT2D eigenvalue weighted by atomic mass is 10.0. The Balaban J connectivity index is 2.05. The highest BCUT2D eigenvalue weighted by molar-refractivity contribution is 5.88. The maximum atomic E-state index is 12.9. The van der Waals surface area contributed by atoms with Gasteiger partial charge in [0, 0.05) is 32.8 Å². The molecule has 1 atom stereocenters. The molecular weight excluding hydrogens is 351 g/mol. The van der Waals surface area contributed by atoms with Crippen LogP contribution in [0.3, 0.4) is 0 Å². The molecule has 3 N–H and O–H groups in total. The number of carbonyl (C=O) groups is 2. The fraction of sp³-hybridized carbons (Fsp3) is 0.529. The monoisotopic (exact) mass is 373 g/mol. The molecule has 0 radical (unpaired) electrons. The number of alkyl halides is 3. The normalized spacial score (nSPS) is 18.5. The van der Waals surface area contributed by atoms with Gasteiger partial charge in [0.05, 0.1) is 18.0 Å².